The summed E-state index contributed by atoms with van der Waals surface area (Å²) in [6, 6.07) is 13.0. The number of pyridine rings is 1. The molecule has 0 atom stereocenters. The van der Waals surface area contributed by atoms with Crippen molar-refractivity contribution in [1.29, 1.82) is 0 Å². The molecule has 9 heteroatoms. The predicted molar refractivity (Wildman–Crippen MR) is 110 cm³/mol. The van der Waals surface area contributed by atoms with Crippen LogP contribution >= 0.6 is 0 Å². The van der Waals surface area contributed by atoms with Crippen LogP contribution in [0.5, 0.6) is 0 Å². The molecule has 0 aliphatic heterocycles. The van der Waals surface area contributed by atoms with Gasteiger partial charge in [-0.2, -0.15) is 0 Å². The van der Waals surface area contributed by atoms with E-state index in [1.165, 1.54) is 12.3 Å². The van der Waals surface area contributed by atoms with Crippen molar-refractivity contribution in [2.24, 2.45) is 0 Å². The van der Waals surface area contributed by atoms with Gasteiger partial charge in [-0.3, -0.25) is 10.1 Å². The molecule has 144 valence electrons. The third-order valence-electron chi connectivity index (χ3n) is 4.01. The van der Waals surface area contributed by atoms with Crippen LogP contribution in [-0.4, -0.2) is 47.1 Å². The van der Waals surface area contributed by atoms with Crippen LogP contribution in [0, 0.1) is 10.1 Å². The third-order valence-corrected chi connectivity index (χ3v) is 4.01. The first-order chi connectivity index (χ1) is 13.5. The maximum Gasteiger partial charge on any atom is 0.287 e. The van der Waals surface area contributed by atoms with Crippen LogP contribution in [0.25, 0.3) is 11.3 Å². The molecule has 9 nitrogen and oxygen atoms in total. The molecule has 0 aliphatic rings. The van der Waals surface area contributed by atoms with Crippen molar-refractivity contribution >= 4 is 23.1 Å². The van der Waals surface area contributed by atoms with Crippen molar-refractivity contribution in [1.82, 2.24) is 15.0 Å². The number of anilines is 3. The summed E-state index contributed by atoms with van der Waals surface area (Å²) in [5.74, 6) is 1.11. The van der Waals surface area contributed by atoms with Crippen LogP contribution in [0.15, 0.2) is 54.9 Å². The van der Waals surface area contributed by atoms with Crippen molar-refractivity contribution < 1.29 is 4.92 Å². The Morgan fingerprint density at radius 3 is 2.39 bits per heavy atom. The molecule has 0 fully saturated rings. The van der Waals surface area contributed by atoms with Gasteiger partial charge in [0.05, 0.1) is 10.6 Å². The van der Waals surface area contributed by atoms with Gasteiger partial charge in [-0.15, -0.1) is 0 Å². The van der Waals surface area contributed by atoms with E-state index in [4.69, 9.17) is 0 Å². The monoisotopic (exact) mass is 379 g/mol. The van der Waals surface area contributed by atoms with Crippen LogP contribution in [-0.2, 0) is 0 Å². The van der Waals surface area contributed by atoms with E-state index in [-0.39, 0.29) is 5.69 Å². The molecule has 2 N–H and O–H groups in total. The van der Waals surface area contributed by atoms with Crippen molar-refractivity contribution in [3.63, 3.8) is 0 Å². The highest BCUT2D eigenvalue weighted by molar-refractivity contribution is 5.63. The molecule has 3 rings (SSSR count). The smallest absolute Gasteiger partial charge is 0.287 e. The zero-order valence-corrected chi connectivity index (χ0v) is 15.7. The van der Waals surface area contributed by atoms with Crippen LogP contribution in [0.3, 0.4) is 0 Å². The van der Waals surface area contributed by atoms with E-state index in [0.29, 0.717) is 24.9 Å². The van der Waals surface area contributed by atoms with E-state index in [9.17, 15) is 10.1 Å². The Hall–Kier alpha value is -3.75. The van der Waals surface area contributed by atoms with Crippen molar-refractivity contribution in [2.45, 2.75) is 0 Å². The van der Waals surface area contributed by atoms with Crippen molar-refractivity contribution in [3.8, 4) is 11.3 Å². The molecule has 0 saturated carbocycles. The Morgan fingerprint density at radius 2 is 1.75 bits per heavy atom. The lowest BCUT2D eigenvalue weighted by Gasteiger charge is -2.12. The van der Waals surface area contributed by atoms with E-state index in [2.05, 4.69) is 25.6 Å². The molecule has 3 aromatic rings. The molecular formula is C19H21N7O2. The second-order valence-corrected chi connectivity index (χ2v) is 6.22. The minimum absolute atomic E-state index is 0.0347. The number of aromatic nitrogens is 3. The Labute approximate surface area is 162 Å². The number of nitrogens with zero attached hydrogens (tertiary/aromatic N) is 5. The summed E-state index contributed by atoms with van der Waals surface area (Å²) < 4.78 is 0. The van der Waals surface area contributed by atoms with Gasteiger partial charge in [-0.25, -0.2) is 15.0 Å². The van der Waals surface area contributed by atoms with Crippen molar-refractivity contribution in [3.05, 3.63) is 65.0 Å². The van der Waals surface area contributed by atoms with Crippen molar-refractivity contribution in [2.75, 3.05) is 42.7 Å². The number of hydrogen-bond acceptors (Lipinski definition) is 8. The maximum atomic E-state index is 10.6. The highest BCUT2D eigenvalue weighted by Gasteiger charge is 2.05. The average Bonchev–Trinajstić information content (AvgIpc) is 2.72. The lowest BCUT2D eigenvalue weighted by molar-refractivity contribution is -0.385. The zero-order valence-electron chi connectivity index (χ0n) is 15.7. The van der Waals surface area contributed by atoms with Gasteiger partial charge in [0.25, 0.3) is 5.69 Å². The first-order valence-electron chi connectivity index (χ1n) is 8.72. The summed E-state index contributed by atoms with van der Waals surface area (Å²) in [5, 5.41) is 16.9. The van der Waals surface area contributed by atoms with E-state index in [1.807, 2.05) is 49.3 Å². The number of rotatable bonds is 8. The molecule has 0 saturated heterocycles. The molecule has 2 aromatic heterocycles. The Kier molecular flexibility index (Phi) is 5.95. The van der Waals surface area contributed by atoms with E-state index < -0.39 is 4.92 Å². The van der Waals surface area contributed by atoms with Crippen LogP contribution < -0.4 is 15.5 Å². The highest BCUT2D eigenvalue weighted by Crippen LogP contribution is 2.21. The second-order valence-electron chi connectivity index (χ2n) is 6.22. The highest BCUT2D eigenvalue weighted by atomic mass is 16.6. The second kappa shape index (κ2) is 8.76. The lowest BCUT2D eigenvalue weighted by Crippen LogP contribution is -2.15. The number of hydrogen-bond donors (Lipinski definition) is 2. The summed E-state index contributed by atoms with van der Waals surface area (Å²) in [5.41, 5.74) is 2.95. The summed E-state index contributed by atoms with van der Waals surface area (Å²) in [7, 11) is 4.00. The van der Waals surface area contributed by atoms with E-state index in [1.54, 1.807) is 12.3 Å². The van der Waals surface area contributed by atoms with Crippen LogP contribution in [0.4, 0.5) is 23.1 Å². The largest absolute Gasteiger partial charge is 0.378 e. The molecule has 0 aliphatic carbocycles. The fourth-order valence-electron chi connectivity index (χ4n) is 2.50. The number of benzene rings is 1. The molecule has 2 heterocycles. The molecule has 0 spiro atoms. The van der Waals surface area contributed by atoms with Gasteiger partial charge in [0.2, 0.25) is 5.95 Å². The van der Waals surface area contributed by atoms with Gasteiger partial charge in [-0.1, -0.05) is 12.1 Å². The summed E-state index contributed by atoms with van der Waals surface area (Å²) in [6.45, 7) is 1.14. The fourth-order valence-corrected chi connectivity index (χ4v) is 2.50. The molecule has 0 bridgehead atoms. The van der Waals surface area contributed by atoms with Crippen LogP contribution in [0.2, 0.25) is 0 Å². The molecular weight excluding hydrogens is 358 g/mol. The summed E-state index contributed by atoms with van der Waals surface area (Å²) >= 11 is 0. The fraction of sp³-hybridized carbons (Fsp3) is 0.211. The maximum absolute atomic E-state index is 10.6. The summed E-state index contributed by atoms with van der Waals surface area (Å²) in [4.78, 5) is 25.0. The number of nitrogens with one attached hydrogen (secondary N) is 2. The standard InChI is InChI=1S/C19H21N7O2/c1-25(2)15-5-3-14(4-6-15)17-9-10-21-19(24-17)22-12-11-20-18-8-7-16(13-23-18)26(27)28/h3-10,13H,11-12H2,1-2H3,(H,20,23)(H,21,22,24). The van der Waals surface area contributed by atoms with Gasteiger partial charge in [0.1, 0.15) is 12.0 Å². The SMILES string of the molecule is CN(C)c1ccc(-c2ccnc(NCCNc3ccc([N+](=O)[O-])cn3)n2)cc1. The molecule has 0 amide bonds. The Bertz CT molecular complexity index is 928. The van der Waals surface area contributed by atoms with E-state index >= 15 is 0 Å². The predicted octanol–water partition coefficient (Wildman–Crippen LogP) is 3.04. The molecule has 28 heavy (non-hydrogen) atoms. The average molecular weight is 379 g/mol. The minimum Gasteiger partial charge on any atom is -0.378 e. The summed E-state index contributed by atoms with van der Waals surface area (Å²) in [6.07, 6.45) is 2.94. The zero-order chi connectivity index (χ0) is 19.9. The Morgan fingerprint density at radius 1 is 1.00 bits per heavy atom. The molecule has 0 unspecified atom stereocenters. The molecule has 1 aromatic carbocycles. The minimum atomic E-state index is -0.475. The molecule has 0 radical (unpaired) electrons. The first-order valence-corrected chi connectivity index (χ1v) is 8.72. The van der Waals surface area contributed by atoms with Gasteiger partial charge in [-0.05, 0) is 24.3 Å². The topological polar surface area (TPSA) is 109 Å². The number of nitro groups is 1. The Balaban J connectivity index is 1.54. The quantitative estimate of drug-likeness (QED) is 0.349. The van der Waals surface area contributed by atoms with Gasteiger partial charge in [0.15, 0.2) is 0 Å². The third kappa shape index (κ3) is 4.91. The van der Waals surface area contributed by atoms with Crippen LogP contribution in [0.1, 0.15) is 0 Å². The normalized spacial score (nSPS) is 10.4. The van der Waals surface area contributed by atoms with Gasteiger partial charge < -0.3 is 15.5 Å². The van der Waals surface area contributed by atoms with Gasteiger partial charge in [0, 0.05) is 50.7 Å². The van der Waals surface area contributed by atoms with Gasteiger partial charge >= 0.3 is 0 Å². The lowest BCUT2D eigenvalue weighted by atomic mass is 10.1. The first kappa shape index (κ1) is 19.0. The van der Waals surface area contributed by atoms with E-state index in [0.717, 1.165) is 16.9 Å².